The Morgan fingerprint density at radius 2 is 1.76 bits per heavy atom. The zero-order chi connectivity index (χ0) is 16.9. The second kappa shape index (κ2) is 6.70. The zero-order valence-corrected chi connectivity index (χ0v) is 14.8. The van der Waals surface area contributed by atoms with Crippen LogP contribution in [0.3, 0.4) is 0 Å². The molecule has 7 nitrogen and oxygen atoms in total. The minimum Gasteiger partial charge on any atom is -0.381 e. The predicted octanol–water partition coefficient (Wildman–Crippen LogP) is -0.161. The molecule has 2 aliphatic carbocycles. The molecular weight excluding hydrogens is 346 g/mol. The molecule has 2 saturated heterocycles. The van der Waals surface area contributed by atoms with Gasteiger partial charge in [-0.3, -0.25) is 19.3 Å². The van der Waals surface area contributed by atoms with Crippen molar-refractivity contribution in [3.05, 3.63) is 12.2 Å². The number of halogens is 1. The van der Waals surface area contributed by atoms with Gasteiger partial charge in [-0.1, -0.05) is 12.2 Å². The van der Waals surface area contributed by atoms with Crippen LogP contribution in [-0.2, 0) is 19.1 Å². The molecule has 0 aromatic carbocycles. The van der Waals surface area contributed by atoms with Crippen LogP contribution in [0.25, 0.3) is 0 Å². The van der Waals surface area contributed by atoms with Crippen LogP contribution < -0.4 is 11.1 Å². The van der Waals surface area contributed by atoms with Crippen LogP contribution in [0.2, 0.25) is 0 Å². The van der Waals surface area contributed by atoms with Gasteiger partial charge >= 0.3 is 0 Å². The molecule has 4 aliphatic rings. The van der Waals surface area contributed by atoms with Crippen molar-refractivity contribution in [2.24, 2.45) is 29.4 Å². The number of fused-ring (bicyclic) bond motifs is 5. The first-order valence-electron chi connectivity index (χ1n) is 8.70. The van der Waals surface area contributed by atoms with Crippen LogP contribution in [0.4, 0.5) is 0 Å². The Labute approximate surface area is 152 Å². The minimum atomic E-state index is -0.906. The smallest absolute Gasteiger partial charge is 0.240 e. The topological polar surface area (TPSA) is 102 Å². The van der Waals surface area contributed by atoms with E-state index in [1.807, 2.05) is 0 Å². The normalized spacial score (nSPS) is 34.8. The van der Waals surface area contributed by atoms with Crippen LogP contribution in [0.15, 0.2) is 12.2 Å². The molecule has 1 saturated carbocycles. The first kappa shape index (κ1) is 18.4. The van der Waals surface area contributed by atoms with Crippen molar-refractivity contribution in [2.45, 2.75) is 24.8 Å². The molecule has 0 aromatic heterocycles. The van der Waals surface area contributed by atoms with Crippen molar-refractivity contribution in [1.82, 2.24) is 10.2 Å². The van der Waals surface area contributed by atoms with Gasteiger partial charge in [0.15, 0.2) is 0 Å². The van der Waals surface area contributed by atoms with Crippen LogP contribution in [0, 0.1) is 23.7 Å². The number of nitrogens with two attached hydrogens (primary N) is 1. The van der Waals surface area contributed by atoms with E-state index >= 15 is 0 Å². The quantitative estimate of drug-likeness (QED) is 0.529. The summed E-state index contributed by atoms with van der Waals surface area (Å²) in [5, 5.41) is 2.78. The number of likely N-dealkylation sites (tertiary alicyclic amines) is 1. The Morgan fingerprint density at radius 3 is 2.32 bits per heavy atom. The Kier molecular flexibility index (Phi) is 4.92. The largest absolute Gasteiger partial charge is 0.381 e. The molecule has 3 N–H and O–H groups in total. The standard InChI is InChI=1S/C17H23N3O4.ClH/c18-17(3-7-24-8-4-17)16(23)19-5-6-20-14(21)12-10-1-2-11(9-10)13(12)15(20)22;/h1-2,10-13H,3-9,18H2,(H,19,23);1H. The van der Waals surface area contributed by atoms with Crippen molar-refractivity contribution >= 4 is 30.1 Å². The van der Waals surface area contributed by atoms with Crippen LogP contribution in [0.5, 0.6) is 0 Å². The molecule has 3 fully saturated rings. The average Bonchev–Trinajstić information content (AvgIpc) is 3.24. The summed E-state index contributed by atoms with van der Waals surface area (Å²) >= 11 is 0. The van der Waals surface area contributed by atoms with Gasteiger partial charge in [-0.2, -0.15) is 0 Å². The van der Waals surface area contributed by atoms with Crippen molar-refractivity contribution in [1.29, 1.82) is 0 Å². The summed E-state index contributed by atoms with van der Waals surface area (Å²) in [4.78, 5) is 38.7. The summed E-state index contributed by atoms with van der Waals surface area (Å²) in [6.07, 6.45) is 6.05. The number of imide groups is 1. The highest BCUT2D eigenvalue weighted by atomic mass is 35.5. The number of hydrogen-bond acceptors (Lipinski definition) is 5. The lowest BCUT2D eigenvalue weighted by atomic mass is 9.85. The van der Waals surface area contributed by atoms with E-state index in [1.54, 1.807) is 0 Å². The lowest BCUT2D eigenvalue weighted by Gasteiger charge is -2.32. The molecule has 4 rings (SSSR count). The molecule has 138 valence electrons. The maximum Gasteiger partial charge on any atom is 0.240 e. The second-order valence-corrected chi connectivity index (χ2v) is 7.35. The van der Waals surface area contributed by atoms with E-state index in [9.17, 15) is 14.4 Å². The summed E-state index contributed by atoms with van der Waals surface area (Å²) in [5.74, 6) is -0.323. The molecule has 0 radical (unpaired) electrons. The van der Waals surface area contributed by atoms with E-state index in [1.165, 1.54) is 4.90 Å². The average molecular weight is 370 g/mol. The van der Waals surface area contributed by atoms with Crippen LogP contribution in [-0.4, -0.2) is 54.5 Å². The van der Waals surface area contributed by atoms with E-state index in [2.05, 4.69) is 17.5 Å². The molecule has 2 heterocycles. The third-order valence-electron chi connectivity index (χ3n) is 6.02. The van der Waals surface area contributed by atoms with Gasteiger partial charge in [-0.15, -0.1) is 12.4 Å². The molecule has 4 unspecified atom stereocenters. The zero-order valence-electron chi connectivity index (χ0n) is 14.0. The van der Waals surface area contributed by atoms with Crippen molar-refractivity contribution in [2.75, 3.05) is 26.3 Å². The molecule has 0 aromatic rings. The van der Waals surface area contributed by atoms with Gasteiger partial charge in [-0.05, 0) is 31.1 Å². The van der Waals surface area contributed by atoms with Gasteiger partial charge in [0.05, 0.1) is 17.4 Å². The maximum atomic E-state index is 12.5. The van der Waals surface area contributed by atoms with Crippen molar-refractivity contribution in [3.8, 4) is 0 Å². The summed E-state index contributed by atoms with van der Waals surface area (Å²) in [7, 11) is 0. The third-order valence-corrected chi connectivity index (χ3v) is 6.02. The number of carbonyl (C=O) groups is 3. The summed E-state index contributed by atoms with van der Waals surface area (Å²) < 4.78 is 5.23. The van der Waals surface area contributed by atoms with Crippen molar-refractivity contribution < 1.29 is 19.1 Å². The number of rotatable bonds is 4. The van der Waals surface area contributed by atoms with Gasteiger partial charge in [0.2, 0.25) is 17.7 Å². The Bertz CT molecular complexity index is 587. The molecule has 4 atom stereocenters. The molecule has 0 spiro atoms. The molecule has 2 aliphatic heterocycles. The van der Waals surface area contributed by atoms with Gasteiger partial charge in [0.25, 0.3) is 0 Å². The third kappa shape index (κ3) is 2.88. The number of allylic oxidation sites excluding steroid dienone is 2. The van der Waals surface area contributed by atoms with Gasteiger partial charge < -0.3 is 15.8 Å². The lowest BCUT2D eigenvalue weighted by molar-refractivity contribution is -0.141. The monoisotopic (exact) mass is 369 g/mol. The van der Waals surface area contributed by atoms with Gasteiger partial charge in [0.1, 0.15) is 0 Å². The van der Waals surface area contributed by atoms with Crippen LogP contribution >= 0.6 is 12.4 Å². The van der Waals surface area contributed by atoms with E-state index in [-0.39, 0.29) is 66.9 Å². The number of amides is 3. The molecule has 2 bridgehead atoms. The number of carbonyl (C=O) groups excluding carboxylic acids is 3. The van der Waals surface area contributed by atoms with E-state index in [0.717, 1.165) is 6.42 Å². The summed E-state index contributed by atoms with van der Waals surface area (Å²) in [5.41, 5.74) is 5.22. The fourth-order valence-electron chi connectivity index (χ4n) is 4.60. The molecule has 3 amide bonds. The van der Waals surface area contributed by atoms with E-state index in [0.29, 0.717) is 26.1 Å². The Hall–Kier alpha value is -1.44. The van der Waals surface area contributed by atoms with Gasteiger partial charge in [0, 0.05) is 26.3 Å². The van der Waals surface area contributed by atoms with E-state index in [4.69, 9.17) is 10.5 Å². The number of nitrogens with one attached hydrogen (secondary N) is 1. The molecular formula is C17H24ClN3O4. The lowest BCUT2D eigenvalue weighted by Crippen LogP contribution is -2.57. The molecule has 8 heteroatoms. The second-order valence-electron chi connectivity index (χ2n) is 7.35. The minimum absolute atomic E-state index is 0. The highest BCUT2D eigenvalue weighted by Gasteiger charge is 2.59. The highest BCUT2D eigenvalue weighted by molar-refractivity contribution is 6.06. The Morgan fingerprint density at radius 1 is 1.20 bits per heavy atom. The SMILES string of the molecule is Cl.NC1(C(=O)NCCN2C(=O)C3C4C=CC(C4)C3C2=O)CCOCC1. The van der Waals surface area contributed by atoms with E-state index < -0.39 is 5.54 Å². The number of hydrogen-bond donors (Lipinski definition) is 2. The highest BCUT2D eigenvalue weighted by Crippen LogP contribution is 2.52. The number of nitrogens with zero attached hydrogens (tertiary/aromatic N) is 1. The Balaban J connectivity index is 0.00000182. The van der Waals surface area contributed by atoms with Gasteiger partial charge in [-0.25, -0.2) is 0 Å². The summed E-state index contributed by atoms with van der Waals surface area (Å²) in [6.45, 7) is 1.43. The van der Waals surface area contributed by atoms with Crippen LogP contribution in [0.1, 0.15) is 19.3 Å². The van der Waals surface area contributed by atoms with Crippen molar-refractivity contribution in [3.63, 3.8) is 0 Å². The molecule has 25 heavy (non-hydrogen) atoms. The fraction of sp³-hybridized carbons (Fsp3) is 0.706. The fourth-order valence-corrected chi connectivity index (χ4v) is 4.60. The first-order valence-corrected chi connectivity index (χ1v) is 8.70. The first-order chi connectivity index (χ1) is 11.5. The summed E-state index contributed by atoms with van der Waals surface area (Å²) in [6, 6.07) is 0. The maximum absolute atomic E-state index is 12.5. The predicted molar refractivity (Wildman–Crippen MR) is 91.7 cm³/mol. The number of ether oxygens (including phenoxy) is 1.